The Hall–Kier alpha value is -1.90. The van der Waals surface area contributed by atoms with E-state index in [0.29, 0.717) is 0 Å². The third kappa shape index (κ3) is 6.52. The Morgan fingerprint density at radius 3 is 0.792 bits per heavy atom. The molecule has 0 unspecified atom stereocenters. The average Bonchev–Trinajstić information content (AvgIpc) is 2.89. The van der Waals surface area contributed by atoms with E-state index in [2.05, 4.69) is 9.47 Å². The van der Waals surface area contributed by atoms with Crippen molar-refractivity contribution in [3.8, 4) is 0 Å². The van der Waals surface area contributed by atoms with Crippen LogP contribution in [0.25, 0.3) is 0 Å². The number of ether oxygens (including phenoxy) is 2. The first-order valence-corrected chi connectivity index (χ1v) is 11.8. The Kier molecular flexibility index (Phi) is 11.1. The number of alkyl halides is 26. The van der Waals surface area contributed by atoms with Gasteiger partial charge < -0.3 is 9.47 Å². The Bertz CT molecular complexity index is 1030. The largest absolute Gasteiger partial charge is 0.460 e. The number of halogens is 26. The monoisotopic (exact) mass is 780 g/mol. The normalized spacial score (nSPS) is 19.1. The summed E-state index contributed by atoms with van der Waals surface area (Å²) in [5.41, 5.74) is 0. The molecule has 0 saturated carbocycles. The first-order valence-electron chi connectivity index (χ1n) is 11.8. The summed E-state index contributed by atoms with van der Waals surface area (Å²) in [6.07, 6.45) is -27.6. The standard InChI is InChI=1S/C20H14F26O2/c21-9(22,11(25,26)13(29,30)15(33,34)17(37,38)19(41,42)43)4-2-8(47-6-1-7-48-8)3-5-10(23,24)12(27,28)14(31,32)16(35,36)18(39,40)20(44,45)46/h1-7H2. The van der Waals surface area contributed by atoms with Gasteiger partial charge >= 0.3 is 71.6 Å². The first-order chi connectivity index (χ1) is 20.6. The fourth-order valence-corrected chi connectivity index (χ4v) is 3.64. The lowest BCUT2D eigenvalue weighted by Crippen LogP contribution is -2.70. The van der Waals surface area contributed by atoms with E-state index in [0.717, 1.165) is 0 Å². The Labute approximate surface area is 247 Å². The van der Waals surface area contributed by atoms with Crippen molar-refractivity contribution in [2.45, 2.75) is 109 Å². The predicted molar refractivity (Wildman–Crippen MR) is 99.3 cm³/mol. The molecule has 0 N–H and O–H groups in total. The lowest BCUT2D eigenvalue weighted by Gasteiger charge is -2.43. The van der Waals surface area contributed by atoms with E-state index in [1.807, 2.05) is 0 Å². The molecule has 1 heterocycles. The highest BCUT2D eigenvalue weighted by atomic mass is 19.4. The molecular formula is C20H14F26O2. The molecule has 0 atom stereocenters. The second-order valence-corrected chi connectivity index (χ2v) is 9.96. The van der Waals surface area contributed by atoms with Crippen molar-refractivity contribution >= 4 is 0 Å². The average molecular weight is 780 g/mol. The van der Waals surface area contributed by atoms with Crippen molar-refractivity contribution in [3.63, 3.8) is 0 Å². The molecule has 0 radical (unpaired) electrons. The van der Waals surface area contributed by atoms with E-state index in [4.69, 9.17) is 0 Å². The van der Waals surface area contributed by atoms with E-state index in [1.54, 1.807) is 0 Å². The fraction of sp³-hybridized carbons (Fsp3) is 1.00. The summed E-state index contributed by atoms with van der Waals surface area (Å²) < 4.78 is 355. The van der Waals surface area contributed by atoms with Gasteiger partial charge in [0.25, 0.3) is 0 Å². The molecule has 1 saturated heterocycles. The highest BCUT2D eigenvalue weighted by Crippen LogP contribution is 2.63. The zero-order chi connectivity index (χ0) is 38.9. The molecule has 0 aromatic carbocycles. The van der Waals surface area contributed by atoms with E-state index in [1.165, 1.54) is 0 Å². The van der Waals surface area contributed by atoms with E-state index >= 15 is 0 Å². The van der Waals surface area contributed by atoms with Crippen LogP contribution < -0.4 is 0 Å². The maximum absolute atomic E-state index is 14.2. The zero-order valence-corrected chi connectivity index (χ0v) is 22.1. The molecule has 0 bridgehead atoms. The van der Waals surface area contributed by atoms with Crippen LogP contribution >= 0.6 is 0 Å². The first kappa shape index (κ1) is 44.1. The molecule has 48 heavy (non-hydrogen) atoms. The number of hydrogen-bond acceptors (Lipinski definition) is 2. The summed E-state index contributed by atoms with van der Waals surface area (Å²) in [4.78, 5) is 0. The van der Waals surface area contributed by atoms with Crippen LogP contribution in [0.4, 0.5) is 114 Å². The molecule has 0 aromatic heterocycles. The third-order valence-electron chi connectivity index (χ3n) is 6.66. The topological polar surface area (TPSA) is 18.5 Å². The molecule has 0 amide bonds. The van der Waals surface area contributed by atoms with Crippen LogP contribution in [0.3, 0.4) is 0 Å². The van der Waals surface area contributed by atoms with Gasteiger partial charge in [0.05, 0.1) is 13.2 Å². The molecule has 1 fully saturated rings. The molecular weight excluding hydrogens is 766 g/mol. The highest BCUT2D eigenvalue weighted by Gasteiger charge is 2.92. The highest BCUT2D eigenvalue weighted by molar-refractivity contribution is 5.12. The molecule has 1 rings (SSSR count). The molecule has 0 spiro atoms. The van der Waals surface area contributed by atoms with E-state index < -0.39 is 123 Å². The maximum Gasteiger partial charge on any atom is 0.460 e. The van der Waals surface area contributed by atoms with Gasteiger partial charge in [-0.25, -0.2) is 0 Å². The van der Waals surface area contributed by atoms with Crippen molar-refractivity contribution in [3.05, 3.63) is 0 Å². The van der Waals surface area contributed by atoms with Crippen LogP contribution in [0.1, 0.15) is 32.1 Å². The lowest BCUT2D eigenvalue weighted by atomic mass is 9.88. The zero-order valence-electron chi connectivity index (χ0n) is 22.1. The van der Waals surface area contributed by atoms with Crippen molar-refractivity contribution in [1.82, 2.24) is 0 Å². The number of hydrogen-bond donors (Lipinski definition) is 0. The smallest absolute Gasteiger partial charge is 0.350 e. The lowest BCUT2D eigenvalue weighted by molar-refractivity contribution is -0.441. The van der Waals surface area contributed by atoms with Crippen LogP contribution in [0.5, 0.6) is 0 Å². The van der Waals surface area contributed by atoms with Crippen LogP contribution in [-0.4, -0.2) is 90.6 Å². The van der Waals surface area contributed by atoms with Crippen molar-refractivity contribution < 1.29 is 124 Å². The van der Waals surface area contributed by atoms with Gasteiger partial charge in [-0.05, 0) is 6.42 Å². The SMILES string of the molecule is FC(F)(F)C(F)(F)C(F)(F)C(F)(F)C(F)(F)C(F)(F)CCC1(CCC(F)(F)C(F)(F)C(F)(F)C(F)(F)C(F)(F)C(F)(F)F)OCCCO1. The molecule has 288 valence electrons. The van der Waals surface area contributed by atoms with Gasteiger partial charge in [0, 0.05) is 25.7 Å². The predicted octanol–water partition coefficient (Wildman–Crippen LogP) is 10.2. The van der Waals surface area contributed by atoms with Gasteiger partial charge in [0.15, 0.2) is 5.79 Å². The molecule has 0 aromatic rings. The quantitative estimate of drug-likeness (QED) is 0.164. The minimum atomic E-state index is -8.37. The van der Waals surface area contributed by atoms with Gasteiger partial charge in [0.1, 0.15) is 0 Å². The van der Waals surface area contributed by atoms with E-state index in [9.17, 15) is 114 Å². The minimum Gasteiger partial charge on any atom is -0.350 e. The maximum atomic E-state index is 14.2. The second kappa shape index (κ2) is 12.1. The number of rotatable bonds is 14. The Morgan fingerprint density at radius 1 is 0.333 bits per heavy atom. The van der Waals surface area contributed by atoms with Gasteiger partial charge in [-0.1, -0.05) is 0 Å². The summed E-state index contributed by atoms with van der Waals surface area (Å²) >= 11 is 0. The second-order valence-electron chi connectivity index (χ2n) is 9.96. The Morgan fingerprint density at radius 2 is 0.562 bits per heavy atom. The van der Waals surface area contributed by atoms with Gasteiger partial charge in [-0.3, -0.25) is 0 Å². The Balaban J connectivity index is 3.46. The summed E-state index contributed by atoms with van der Waals surface area (Å²) in [5, 5.41) is 0. The third-order valence-corrected chi connectivity index (χ3v) is 6.66. The van der Waals surface area contributed by atoms with Gasteiger partial charge in [0.2, 0.25) is 0 Å². The van der Waals surface area contributed by atoms with Crippen molar-refractivity contribution in [1.29, 1.82) is 0 Å². The molecule has 28 heteroatoms. The van der Waals surface area contributed by atoms with Crippen LogP contribution in [0, 0.1) is 0 Å². The molecule has 1 aliphatic heterocycles. The molecule has 0 aliphatic carbocycles. The minimum absolute atomic E-state index is 0.505. The van der Waals surface area contributed by atoms with Crippen LogP contribution in [-0.2, 0) is 9.47 Å². The summed E-state index contributed by atoms with van der Waals surface area (Å²) in [7, 11) is 0. The van der Waals surface area contributed by atoms with Crippen molar-refractivity contribution in [2.75, 3.05) is 13.2 Å². The van der Waals surface area contributed by atoms with Gasteiger partial charge in [-0.15, -0.1) is 0 Å². The fourth-order valence-electron chi connectivity index (χ4n) is 3.64. The molecule has 2 nitrogen and oxygen atoms in total. The summed E-state index contributed by atoms with van der Waals surface area (Å²) in [6.45, 7) is -2.11. The van der Waals surface area contributed by atoms with Gasteiger partial charge in [-0.2, -0.15) is 114 Å². The van der Waals surface area contributed by atoms with Crippen LogP contribution in [0.15, 0.2) is 0 Å². The van der Waals surface area contributed by atoms with E-state index in [-0.39, 0.29) is 0 Å². The van der Waals surface area contributed by atoms with Crippen LogP contribution in [0.2, 0.25) is 0 Å². The summed E-state index contributed by atoms with van der Waals surface area (Å²) in [6, 6.07) is 0. The molecule has 1 aliphatic rings. The summed E-state index contributed by atoms with van der Waals surface area (Å²) in [5.74, 6) is -83.2. The van der Waals surface area contributed by atoms with Crippen molar-refractivity contribution in [2.24, 2.45) is 0 Å².